The van der Waals surface area contributed by atoms with Gasteiger partial charge in [0.05, 0.1) is 12.5 Å². The van der Waals surface area contributed by atoms with Crippen LogP contribution in [-0.2, 0) is 0 Å². The highest BCUT2D eigenvalue weighted by molar-refractivity contribution is 4.82. The summed E-state index contributed by atoms with van der Waals surface area (Å²) in [4.78, 5) is 1.47. The van der Waals surface area contributed by atoms with Gasteiger partial charge in [-0.2, -0.15) is 13.2 Å². The number of rotatable bonds is 5. The quantitative estimate of drug-likeness (QED) is 0.732. The molecule has 0 saturated heterocycles. The van der Waals surface area contributed by atoms with E-state index >= 15 is 0 Å². The van der Waals surface area contributed by atoms with Crippen molar-refractivity contribution in [3.63, 3.8) is 0 Å². The molecule has 1 unspecified atom stereocenters. The number of aliphatic hydroxyl groups is 1. The van der Waals surface area contributed by atoms with Gasteiger partial charge < -0.3 is 10.8 Å². The first-order valence-corrected chi connectivity index (χ1v) is 4.74. The largest absolute Gasteiger partial charge is 0.394 e. The summed E-state index contributed by atoms with van der Waals surface area (Å²) in [5.74, 6) is -1.55. The lowest BCUT2D eigenvalue weighted by molar-refractivity contribution is -0.178. The van der Waals surface area contributed by atoms with Crippen LogP contribution in [0.1, 0.15) is 13.8 Å². The molecule has 15 heavy (non-hydrogen) atoms. The first-order valence-electron chi connectivity index (χ1n) is 4.74. The molecule has 0 aliphatic carbocycles. The van der Waals surface area contributed by atoms with Crippen molar-refractivity contribution >= 4 is 0 Å². The molecule has 0 heterocycles. The summed E-state index contributed by atoms with van der Waals surface area (Å²) in [7, 11) is 1.55. The molecular formula is C9H19F3N2O. The molecule has 0 aliphatic rings. The van der Waals surface area contributed by atoms with Crippen molar-refractivity contribution in [2.45, 2.75) is 25.6 Å². The van der Waals surface area contributed by atoms with E-state index in [1.807, 2.05) is 0 Å². The number of halogens is 3. The molecule has 0 aromatic rings. The van der Waals surface area contributed by atoms with Crippen LogP contribution < -0.4 is 5.73 Å². The maximum absolute atomic E-state index is 12.4. The minimum atomic E-state index is -4.28. The molecule has 0 saturated carbocycles. The Hall–Kier alpha value is -0.330. The van der Waals surface area contributed by atoms with Crippen LogP contribution in [0, 0.1) is 5.92 Å². The van der Waals surface area contributed by atoms with Gasteiger partial charge in [-0.3, -0.25) is 4.90 Å². The molecule has 3 N–H and O–H groups in total. The Labute approximate surface area is 88.0 Å². The first kappa shape index (κ1) is 14.7. The van der Waals surface area contributed by atoms with Gasteiger partial charge in [-0.1, -0.05) is 0 Å². The van der Waals surface area contributed by atoms with Crippen LogP contribution in [0.15, 0.2) is 0 Å². The highest BCUT2D eigenvalue weighted by atomic mass is 19.4. The maximum atomic E-state index is 12.4. The standard InChI is InChI=1S/C9H19F3N2O/c1-8(2,6-15)14(3)5-7(4-13)9(10,11)12/h7,15H,4-6,13H2,1-3H3. The molecule has 0 aromatic heterocycles. The van der Waals surface area contributed by atoms with Crippen LogP contribution in [0.3, 0.4) is 0 Å². The van der Waals surface area contributed by atoms with Crippen LogP contribution in [-0.4, -0.2) is 48.5 Å². The van der Waals surface area contributed by atoms with Crippen molar-refractivity contribution < 1.29 is 18.3 Å². The number of alkyl halides is 3. The number of hydrogen-bond acceptors (Lipinski definition) is 3. The van der Waals surface area contributed by atoms with E-state index in [0.29, 0.717) is 0 Å². The zero-order valence-electron chi connectivity index (χ0n) is 9.30. The average Bonchev–Trinajstić information content (AvgIpc) is 2.11. The Bertz CT molecular complexity index is 194. The zero-order valence-corrected chi connectivity index (χ0v) is 9.30. The van der Waals surface area contributed by atoms with Crippen LogP contribution in [0.5, 0.6) is 0 Å². The van der Waals surface area contributed by atoms with Gasteiger partial charge >= 0.3 is 6.18 Å². The molecule has 0 aliphatic heterocycles. The Kier molecular flexibility index (Phi) is 5.02. The smallest absolute Gasteiger partial charge is 0.394 e. The van der Waals surface area contributed by atoms with Gasteiger partial charge in [-0.25, -0.2) is 0 Å². The third-order valence-corrected chi connectivity index (χ3v) is 2.66. The fraction of sp³-hybridized carbons (Fsp3) is 1.00. The molecule has 1 atom stereocenters. The summed E-state index contributed by atoms with van der Waals surface area (Å²) in [6.45, 7) is 2.52. The molecule has 0 amide bonds. The number of aliphatic hydroxyl groups excluding tert-OH is 1. The second kappa shape index (κ2) is 5.14. The molecule has 0 radical (unpaired) electrons. The van der Waals surface area contributed by atoms with E-state index in [9.17, 15) is 13.2 Å². The van der Waals surface area contributed by atoms with Crippen molar-refractivity contribution in [2.75, 3.05) is 26.7 Å². The third kappa shape index (κ3) is 4.36. The molecule has 92 valence electrons. The van der Waals surface area contributed by atoms with Crippen molar-refractivity contribution in [1.29, 1.82) is 0 Å². The van der Waals surface area contributed by atoms with E-state index < -0.39 is 24.2 Å². The normalized spacial score (nSPS) is 15.8. The summed E-state index contributed by atoms with van der Waals surface area (Å²) < 4.78 is 37.2. The maximum Gasteiger partial charge on any atom is 0.394 e. The molecule has 0 fully saturated rings. The Balaban J connectivity index is 4.44. The summed E-state index contributed by atoms with van der Waals surface area (Å²) in [5.41, 5.74) is 4.41. The van der Waals surface area contributed by atoms with Gasteiger partial charge in [0.15, 0.2) is 0 Å². The Morgan fingerprint density at radius 2 is 1.80 bits per heavy atom. The van der Waals surface area contributed by atoms with E-state index in [2.05, 4.69) is 0 Å². The SMILES string of the molecule is CN(CC(CN)C(F)(F)F)C(C)(C)CO. The van der Waals surface area contributed by atoms with Crippen LogP contribution in [0.25, 0.3) is 0 Å². The molecule has 0 spiro atoms. The lowest BCUT2D eigenvalue weighted by Crippen LogP contribution is -2.49. The lowest BCUT2D eigenvalue weighted by atomic mass is 10.0. The fourth-order valence-electron chi connectivity index (χ4n) is 1.01. The number of likely N-dealkylation sites (N-methyl/N-ethyl adjacent to an activating group) is 1. The number of nitrogens with zero attached hydrogens (tertiary/aromatic N) is 1. The Morgan fingerprint density at radius 1 is 1.33 bits per heavy atom. The van der Waals surface area contributed by atoms with E-state index in [0.717, 1.165) is 0 Å². The predicted molar refractivity (Wildman–Crippen MR) is 52.4 cm³/mol. The van der Waals surface area contributed by atoms with Crippen LogP contribution >= 0.6 is 0 Å². The summed E-state index contributed by atoms with van der Waals surface area (Å²) in [6, 6.07) is 0. The molecule has 6 heteroatoms. The highest BCUT2D eigenvalue weighted by Gasteiger charge is 2.40. The van der Waals surface area contributed by atoms with Gasteiger partial charge in [-0.15, -0.1) is 0 Å². The molecule has 0 bridgehead atoms. The fourth-order valence-corrected chi connectivity index (χ4v) is 1.01. The van der Waals surface area contributed by atoms with Crippen LogP contribution in [0.2, 0.25) is 0 Å². The molecule has 3 nitrogen and oxygen atoms in total. The molecular weight excluding hydrogens is 209 g/mol. The topological polar surface area (TPSA) is 49.5 Å². The zero-order chi connectivity index (χ0) is 12.3. The van der Waals surface area contributed by atoms with Gasteiger partial charge in [0.25, 0.3) is 0 Å². The average molecular weight is 228 g/mol. The minimum absolute atomic E-state index is 0.196. The lowest BCUT2D eigenvalue weighted by Gasteiger charge is -2.36. The molecule has 0 aromatic carbocycles. The van der Waals surface area contributed by atoms with Crippen molar-refractivity contribution in [3.05, 3.63) is 0 Å². The van der Waals surface area contributed by atoms with Crippen LogP contribution in [0.4, 0.5) is 13.2 Å². The van der Waals surface area contributed by atoms with Crippen molar-refractivity contribution in [2.24, 2.45) is 11.7 Å². The van der Waals surface area contributed by atoms with Gasteiger partial charge in [-0.05, 0) is 20.9 Å². The second-order valence-electron chi connectivity index (χ2n) is 4.33. The van der Waals surface area contributed by atoms with E-state index in [1.54, 1.807) is 20.9 Å². The van der Waals surface area contributed by atoms with Gasteiger partial charge in [0.1, 0.15) is 0 Å². The third-order valence-electron chi connectivity index (χ3n) is 2.66. The summed E-state index contributed by atoms with van der Waals surface area (Å²) in [5, 5.41) is 9.00. The summed E-state index contributed by atoms with van der Waals surface area (Å²) >= 11 is 0. The van der Waals surface area contributed by atoms with Gasteiger partial charge in [0, 0.05) is 18.6 Å². The predicted octanol–water partition coefficient (Wildman–Crippen LogP) is 0.826. The number of hydrogen-bond donors (Lipinski definition) is 2. The highest BCUT2D eigenvalue weighted by Crippen LogP contribution is 2.27. The van der Waals surface area contributed by atoms with Gasteiger partial charge in [0.2, 0.25) is 0 Å². The minimum Gasteiger partial charge on any atom is -0.394 e. The second-order valence-corrected chi connectivity index (χ2v) is 4.33. The van der Waals surface area contributed by atoms with Crippen molar-refractivity contribution in [3.8, 4) is 0 Å². The molecule has 0 rings (SSSR count). The Morgan fingerprint density at radius 3 is 2.07 bits per heavy atom. The van der Waals surface area contributed by atoms with E-state index in [-0.39, 0.29) is 13.2 Å². The van der Waals surface area contributed by atoms with Crippen molar-refractivity contribution in [1.82, 2.24) is 4.90 Å². The number of nitrogens with two attached hydrogens (primary N) is 1. The van der Waals surface area contributed by atoms with E-state index in [4.69, 9.17) is 10.8 Å². The monoisotopic (exact) mass is 228 g/mol. The summed E-state index contributed by atoms with van der Waals surface area (Å²) in [6.07, 6.45) is -4.28. The van der Waals surface area contributed by atoms with E-state index in [1.165, 1.54) is 4.90 Å². The first-order chi connectivity index (χ1) is 6.65.